The molecule has 0 aliphatic rings. The molecule has 0 aliphatic carbocycles. The van der Waals surface area contributed by atoms with Crippen LogP contribution in [0.2, 0.25) is 0 Å². The Morgan fingerprint density at radius 2 is 1.96 bits per heavy atom. The fraction of sp³-hybridized carbons (Fsp3) is 0.200. The first-order valence-corrected chi connectivity index (χ1v) is 9.03. The summed E-state index contributed by atoms with van der Waals surface area (Å²) < 4.78 is 13.1. The van der Waals surface area contributed by atoms with Crippen LogP contribution in [0.5, 0.6) is 0 Å². The minimum atomic E-state index is -0.311. The van der Waals surface area contributed by atoms with Crippen LogP contribution in [0, 0.1) is 12.7 Å². The number of thiazole rings is 1. The zero-order valence-electron chi connectivity index (χ0n) is 14.2. The van der Waals surface area contributed by atoms with Crippen LogP contribution in [-0.4, -0.2) is 10.9 Å². The maximum absolute atomic E-state index is 13.1. The molecule has 0 aliphatic heterocycles. The molecule has 0 unspecified atom stereocenters. The molecule has 0 bridgehead atoms. The van der Waals surface area contributed by atoms with Gasteiger partial charge in [-0.05, 0) is 42.7 Å². The third-order valence-electron chi connectivity index (χ3n) is 3.97. The maximum Gasteiger partial charge on any atom is 0.230 e. The van der Waals surface area contributed by atoms with Gasteiger partial charge in [-0.25, -0.2) is 9.37 Å². The Morgan fingerprint density at radius 3 is 2.64 bits per heavy atom. The third kappa shape index (κ3) is 4.31. The van der Waals surface area contributed by atoms with Gasteiger partial charge in [-0.15, -0.1) is 11.3 Å². The summed E-state index contributed by atoms with van der Waals surface area (Å²) in [6, 6.07) is 12.6. The molecule has 0 spiro atoms. The quantitative estimate of drug-likeness (QED) is 0.700. The van der Waals surface area contributed by atoms with Gasteiger partial charge < -0.3 is 5.32 Å². The Kier molecular flexibility index (Phi) is 5.24. The number of halogens is 1. The number of carbonyl (C=O) groups is 1. The summed E-state index contributed by atoms with van der Waals surface area (Å²) in [5, 5.41) is 5.62. The first-order valence-electron chi connectivity index (χ1n) is 8.15. The molecule has 3 rings (SSSR count). The minimum absolute atomic E-state index is 0.159. The Hall–Kier alpha value is -2.53. The molecule has 5 heteroatoms. The molecule has 0 atom stereocenters. The van der Waals surface area contributed by atoms with E-state index in [-0.39, 0.29) is 18.1 Å². The molecule has 25 heavy (non-hydrogen) atoms. The zero-order valence-corrected chi connectivity index (χ0v) is 15.0. The van der Waals surface area contributed by atoms with E-state index in [0.29, 0.717) is 11.3 Å². The maximum atomic E-state index is 13.1. The van der Waals surface area contributed by atoms with E-state index in [1.165, 1.54) is 29.0 Å². The smallest absolute Gasteiger partial charge is 0.230 e. The number of nitrogens with zero attached hydrogens (tertiary/aromatic N) is 1. The summed E-state index contributed by atoms with van der Waals surface area (Å²) in [6.07, 6.45) is 1.20. The summed E-state index contributed by atoms with van der Waals surface area (Å²) >= 11 is 1.53. The van der Waals surface area contributed by atoms with Gasteiger partial charge in [-0.2, -0.15) is 0 Å². The summed E-state index contributed by atoms with van der Waals surface area (Å²) in [5.41, 5.74) is 4.40. The monoisotopic (exact) mass is 354 g/mol. The average molecular weight is 354 g/mol. The van der Waals surface area contributed by atoms with E-state index < -0.39 is 0 Å². The van der Waals surface area contributed by atoms with Crippen molar-refractivity contribution < 1.29 is 9.18 Å². The molecule has 1 heterocycles. The van der Waals surface area contributed by atoms with Crippen molar-refractivity contribution in [2.24, 2.45) is 0 Å². The van der Waals surface area contributed by atoms with Gasteiger partial charge in [0.15, 0.2) is 0 Å². The van der Waals surface area contributed by atoms with Gasteiger partial charge >= 0.3 is 0 Å². The van der Waals surface area contributed by atoms with E-state index in [0.717, 1.165) is 22.7 Å². The standard InChI is InChI=1S/C20H19FN2OS/c1-3-14-4-6-15(7-5-14)20-22-17(12-25-20)11-19(24)23-18-9-8-16(21)10-13(18)2/h4-10,12H,3,11H2,1-2H3,(H,23,24). The van der Waals surface area contributed by atoms with Gasteiger partial charge in [0.25, 0.3) is 0 Å². The van der Waals surface area contributed by atoms with Gasteiger partial charge in [-0.1, -0.05) is 31.2 Å². The van der Waals surface area contributed by atoms with E-state index in [1.807, 2.05) is 5.38 Å². The third-order valence-corrected chi connectivity index (χ3v) is 4.91. The van der Waals surface area contributed by atoms with Gasteiger partial charge in [-0.3, -0.25) is 4.79 Å². The van der Waals surface area contributed by atoms with Crippen molar-refractivity contribution in [1.29, 1.82) is 0 Å². The van der Waals surface area contributed by atoms with Crippen LogP contribution in [0.3, 0.4) is 0 Å². The van der Waals surface area contributed by atoms with Crippen LogP contribution >= 0.6 is 11.3 Å². The number of carbonyl (C=O) groups excluding carboxylic acids is 1. The predicted octanol–water partition coefficient (Wildman–Crippen LogP) is 5.00. The summed E-state index contributed by atoms with van der Waals surface area (Å²) in [6.45, 7) is 3.89. The highest BCUT2D eigenvalue weighted by Crippen LogP contribution is 2.24. The predicted molar refractivity (Wildman–Crippen MR) is 100 cm³/mol. The van der Waals surface area contributed by atoms with E-state index in [1.54, 1.807) is 13.0 Å². The molecule has 3 aromatic rings. The van der Waals surface area contributed by atoms with Crippen LogP contribution in [0.1, 0.15) is 23.7 Å². The van der Waals surface area contributed by atoms with Gasteiger partial charge in [0.1, 0.15) is 10.8 Å². The van der Waals surface area contributed by atoms with Gasteiger partial charge in [0, 0.05) is 16.6 Å². The van der Waals surface area contributed by atoms with Crippen molar-refractivity contribution in [2.45, 2.75) is 26.7 Å². The highest BCUT2D eigenvalue weighted by atomic mass is 32.1. The average Bonchev–Trinajstić information content (AvgIpc) is 3.06. The lowest BCUT2D eigenvalue weighted by Gasteiger charge is -2.07. The molecule has 0 radical (unpaired) electrons. The molecule has 128 valence electrons. The molecule has 0 saturated carbocycles. The fourth-order valence-corrected chi connectivity index (χ4v) is 3.36. The summed E-state index contributed by atoms with van der Waals surface area (Å²) in [4.78, 5) is 16.8. The van der Waals surface area contributed by atoms with Crippen LogP contribution in [0.25, 0.3) is 10.6 Å². The first kappa shape index (κ1) is 17.3. The highest BCUT2D eigenvalue weighted by molar-refractivity contribution is 7.13. The molecule has 0 saturated heterocycles. The van der Waals surface area contributed by atoms with E-state index >= 15 is 0 Å². The number of hydrogen-bond donors (Lipinski definition) is 1. The fourth-order valence-electron chi connectivity index (χ4n) is 2.53. The number of anilines is 1. The highest BCUT2D eigenvalue weighted by Gasteiger charge is 2.10. The van der Waals surface area contributed by atoms with Crippen LogP contribution in [-0.2, 0) is 17.6 Å². The van der Waals surface area contributed by atoms with Crippen molar-refractivity contribution in [3.05, 3.63) is 70.5 Å². The number of amides is 1. The molecule has 3 nitrogen and oxygen atoms in total. The second-order valence-electron chi connectivity index (χ2n) is 5.88. The normalized spacial score (nSPS) is 10.7. The van der Waals surface area contributed by atoms with Crippen LogP contribution in [0.4, 0.5) is 10.1 Å². The molecule has 2 aromatic carbocycles. The number of benzene rings is 2. The van der Waals surface area contributed by atoms with Crippen LogP contribution < -0.4 is 5.32 Å². The van der Waals surface area contributed by atoms with E-state index in [2.05, 4.69) is 41.5 Å². The second-order valence-corrected chi connectivity index (χ2v) is 6.74. The summed E-state index contributed by atoms with van der Waals surface area (Å²) in [5.74, 6) is -0.471. The van der Waals surface area contributed by atoms with Crippen molar-refractivity contribution in [1.82, 2.24) is 4.98 Å². The Morgan fingerprint density at radius 1 is 1.20 bits per heavy atom. The van der Waals surface area contributed by atoms with Crippen molar-refractivity contribution in [2.75, 3.05) is 5.32 Å². The number of aryl methyl sites for hydroxylation is 2. The number of aromatic nitrogens is 1. The van der Waals surface area contributed by atoms with Gasteiger partial charge in [0.2, 0.25) is 5.91 Å². The SMILES string of the molecule is CCc1ccc(-c2nc(CC(=O)Nc3ccc(F)cc3C)cs2)cc1. The number of rotatable bonds is 5. The number of nitrogens with one attached hydrogen (secondary N) is 1. The van der Waals surface area contributed by atoms with Crippen LogP contribution in [0.15, 0.2) is 47.8 Å². The lowest BCUT2D eigenvalue weighted by atomic mass is 10.1. The lowest BCUT2D eigenvalue weighted by molar-refractivity contribution is -0.115. The lowest BCUT2D eigenvalue weighted by Crippen LogP contribution is -2.15. The Balaban J connectivity index is 1.67. The zero-order chi connectivity index (χ0) is 17.8. The first-order chi connectivity index (χ1) is 12.0. The van der Waals surface area contributed by atoms with Gasteiger partial charge in [0.05, 0.1) is 12.1 Å². The van der Waals surface area contributed by atoms with Crippen molar-refractivity contribution in [3.8, 4) is 10.6 Å². The topological polar surface area (TPSA) is 42.0 Å². The van der Waals surface area contributed by atoms with E-state index in [4.69, 9.17) is 0 Å². The Labute approximate surface area is 150 Å². The molecule has 1 amide bonds. The van der Waals surface area contributed by atoms with Crippen molar-refractivity contribution >= 4 is 22.9 Å². The van der Waals surface area contributed by atoms with Crippen molar-refractivity contribution in [3.63, 3.8) is 0 Å². The molecular formula is C20H19FN2OS. The summed E-state index contributed by atoms with van der Waals surface area (Å²) in [7, 11) is 0. The minimum Gasteiger partial charge on any atom is -0.326 e. The molecule has 1 N–H and O–H groups in total. The van der Waals surface area contributed by atoms with E-state index in [9.17, 15) is 9.18 Å². The molecule has 1 aromatic heterocycles. The Bertz CT molecular complexity index is 887. The second kappa shape index (κ2) is 7.57. The number of hydrogen-bond acceptors (Lipinski definition) is 3. The molecule has 0 fully saturated rings. The molecular weight excluding hydrogens is 335 g/mol. The largest absolute Gasteiger partial charge is 0.326 e.